The molecule has 0 fully saturated rings. The molecule has 0 aliphatic carbocycles. The molecule has 18 heavy (non-hydrogen) atoms. The highest BCUT2D eigenvalue weighted by Crippen LogP contribution is 2.29. The van der Waals surface area contributed by atoms with E-state index in [9.17, 15) is 13.2 Å². The van der Waals surface area contributed by atoms with Crippen LogP contribution in [0.4, 0.5) is 24.8 Å². The monoisotopic (exact) mass is 262 g/mol. The van der Waals surface area contributed by atoms with Crippen LogP contribution in [0.25, 0.3) is 0 Å². The zero-order chi connectivity index (χ0) is 14.0. The molecular formula is C11H17F3N4. The van der Waals surface area contributed by atoms with Crippen molar-refractivity contribution in [2.45, 2.75) is 38.9 Å². The molecule has 0 bridgehead atoms. The largest absolute Gasteiger partial charge is 0.451 e. The molecule has 0 amide bonds. The predicted octanol–water partition coefficient (Wildman–Crippen LogP) is 3.14. The molecule has 0 radical (unpaired) electrons. The molecule has 102 valence electrons. The van der Waals surface area contributed by atoms with Gasteiger partial charge in [0.05, 0.1) is 0 Å². The van der Waals surface area contributed by atoms with E-state index >= 15 is 0 Å². The Morgan fingerprint density at radius 1 is 1.17 bits per heavy atom. The van der Waals surface area contributed by atoms with E-state index in [0.717, 1.165) is 6.42 Å². The van der Waals surface area contributed by atoms with Crippen molar-refractivity contribution in [2.75, 3.05) is 17.7 Å². The lowest BCUT2D eigenvalue weighted by atomic mass is 10.0. The Hall–Kier alpha value is -1.53. The van der Waals surface area contributed by atoms with Crippen molar-refractivity contribution < 1.29 is 13.2 Å². The van der Waals surface area contributed by atoms with Crippen molar-refractivity contribution in [3.63, 3.8) is 0 Å². The minimum atomic E-state index is -4.56. The Morgan fingerprint density at radius 2 is 1.72 bits per heavy atom. The van der Waals surface area contributed by atoms with Crippen LogP contribution in [0.15, 0.2) is 6.07 Å². The van der Waals surface area contributed by atoms with Gasteiger partial charge in [-0.05, 0) is 20.3 Å². The van der Waals surface area contributed by atoms with Gasteiger partial charge >= 0.3 is 6.18 Å². The normalized spacial score (nSPS) is 12.4. The first kappa shape index (κ1) is 14.5. The summed E-state index contributed by atoms with van der Waals surface area (Å²) >= 11 is 0. The van der Waals surface area contributed by atoms with Gasteiger partial charge in [0.15, 0.2) is 0 Å². The van der Waals surface area contributed by atoms with Crippen LogP contribution in [0.2, 0.25) is 0 Å². The maximum Gasteiger partial charge on any atom is 0.451 e. The van der Waals surface area contributed by atoms with Crippen molar-refractivity contribution in [2.24, 2.45) is 0 Å². The minimum absolute atomic E-state index is 0.131. The standard InChI is InChI=1S/C11H17F3N4/c1-5-10(2,3)18-8-6-7(15-4)16-9(17-8)11(12,13)14/h6H,5H2,1-4H3,(H2,15,16,17,18). The number of rotatable bonds is 4. The summed E-state index contributed by atoms with van der Waals surface area (Å²) in [6, 6.07) is 1.45. The average molecular weight is 262 g/mol. The zero-order valence-electron chi connectivity index (χ0n) is 10.8. The molecule has 0 aliphatic heterocycles. The van der Waals surface area contributed by atoms with Gasteiger partial charge in [0.2, 0.25) is 5.82 Å². The third-order valence-corrected chi connectivity index (χ3v) is 2.59. The lowest BCUT2D eigenvalue weighted by molar-refractivity contribution is -0.144. The Labute approximate surface area is 104 Å². The summed E-state index contributed by atoms with van der Waals surface area (Å²) in [5.74, 6) is -0.857. The molecule has 7 heteroatoms. The van der Waals surface area contributed by atoms with Crippen molar-refractivity contribution in [3.8, 4) is 0 Å². The number of aromatic nitrogens is 2. The Kier molecular flexibility index (Phi) is 4.03. The summed E-state index contributed by atoms with van der Waals surface area (Å²) in [5.41, 5.74) is -0.331. The van der Waals surface area contributed by atoms with Gasteiger partial charge in [-0.3, -0.25) is 0 Å². The van der Waals surface area contributed by atoms with Crippen LogP contribution >= 0.6 is 0 Å². The third-order valence-electron chi connectivity index (χ3n) is 2.59. The van der Waals surface area contributed by atoms with Gasteiger partial charge in [0.1, 0.15) is 11.6 Å². The summed E-state index contributed by atoms with van der Waals surface area (Å²) in [4.78, 5) is 6.89. The Bertz CT molecular complexity index is 415. The van der Waals surface area contributed by atoms with E-state index in [4.69, 9.17) is 0 Å². The van der Waals surface area contributed by atoms with Crippen LogP contribution in [0.3, 0.4) is 0 Å². The van der Waals surface area contributed by atoms with Crippen LogP contribution in [0.5, 0.6) is 0 Å². The fourth-order valence-electron chi connectivity index (χ4n) is 1.20. The molecule has 0 unspecified atom stereocenters. The minimum Gasteiger partial charge on any atom is -0.373 e. The first-order chi connectivity index (χ1) is 8.18. The second kappa shape index (κ2) is 4.99. The maximum absolute atomic E-state index is 12.6. The van der Waals surface area contributed by atoms with Gasteiger partial charge in [-0.25, -0.2) is 9.97 Å². The highest BCUT2D eigenvalue weighted by atomic mass is 19.4. The topological polar surface area (TPSA) is 49.8 Å². The van der Waals surface area contributed by atoms with Crippen molar-refractivity contribution in [3.05, 3.63) is 11.9 Å². The quantitative estimate of drug-likeness (QED) is 0.875. The Balaban J connectivity index is 3.13. The van der Waals surface area contributed by atoms with Crippen LogP contribution in [0.1, 0.15) is 33.0 Å². The summed E-state index contributed by atoms with van der Waals surface area (Å²) < 4.78 is 37.9. The molecule has 1 aromatic rings. The number of halogens is 3. The fraction of sp³-hybridized carbons (Fsp3) is 0.636. The summed E-state index contributed by atoms with van der Waals surface area (Å²) in [7, 11) is 1.51. The van der Waals surface area contributed by atoms with Crippen LogP contribution in [0, 0.1) is 0 Å². The van der Waals surface area contributed by atoms with Crippen molar-refractivity contribution >= 4 is 11.6 Å². The fourth-order valence-corrected chi connectivity index (χ4v) is 1.20. The second-order valence-corrected chi connectivity index (χ2v) is 4.57. The summed E-state index contributed by atoms with van der Waals surface area (Å²) in [6.45, 7) is 5.72. The number of anilines is 2. The molecule has 0 spiro atoms. The van der Waals surface area contributed by atoms with Gasteiger partial charge < -0.3 is 10.6 Å². The lowest BCUT2D eigenvalue weighted by Gasteiger charge is -2.25. The second-order valence-electron chi connectivity index (χ2n) is 4.57. The number of nitrogens with one attached hydrogen (secondary N) is 2. The number of nitrogens with zero attached hydrogens (tertiary/aromatic N) is 2. The molecule has 0 saturated heterocycles. The highest BCUT2D eigenvalue weighted by molar-refractivity contribution is 5.48. The highest BCUT2D eigenvalue weighted by Gasteiger charge is 2.35. The van der Waals surface area contributed by atoms with E-state index in [1.54, 1.807) is 0 Å². The predicted molar refractivity (Wildman–Crippen MR) is 64.6 cm³/mol. The molecule has 1 rings (SSSR count). The Morgan fingerprint density at radius 3 is 2.17 bits per heavy atom. The van der Waals surface area contributed by atoms with Gasteiger partial charge in [-0.1, -0.05) is 6.92 Å². The smallest absolute Gasteiger partial charge is 0.373 e. The molecule has 1 aromatic heterocycles. The summed E-state index contributed by atoms with van der Waals surface area (Å²) in [6.07, 6.45) is -3.80. The van der Waals surface area contributed by atoms with Crippen LogP contribution in [-0.4, -0.2) is 22.6 Å². The van der Waals surface area contributed by atoms with Gasteiger partial charge in [0.25, 0.3) is 0 Å². The third kappa shape index (κ3) is 3.75. The van der Waals surface area contributed by atoms with Crippen molar-refractivity contribution in [1.29, 1.82) is 0 Å². The van der Waals surface area contributed by atoms with E-state index in [1.807, 2.05) is 20.8 Å². The molecule has 0 saturated carbocycles. The molecule has 0 aromatic carbocycles. The van der Waals surface area contributed by atoms with E-state index in [0.29, 0.717) is 0 Å². The molecule has 0 atom stereocenters. The van der Waals surface area contributed by atoms with Crippen molar-refractivity contribution in [1.82, 2.24) is 9.97 Å². The molecule has 0 aliphatic rings. The van der Waals surface area contributed by atoms with Crippen LogP contribution < -0.4 is 10.6 Å². The lowest BCUT2D eigenvalue weighted by Crippen LogP contribution is -2.30. The van der Waals surface area contributed by atoms with E-state index in [1.165, 1.54) is 13.1 Å². The number of alkyl halides is 3. The first-order valence-corrected chi connectivity index (χ1v) is 5.60. The maximum atomic E-state index is 12.6. The molecular weight excluding hydrogens is 245 g/mol. The first-order valence-electron chi connectivity index (χ1n) is 5.60. The van der Waals surface area contributed by atoms with E-state index < -0.39 is 12.0 Å². The summed E-state index contributed by atoms with van der Waals surface area (Å²) in [5, 5.41) is 5.56. The number of hydrogen-bond donors (Lipinski definition) is 2. The van der Waals surface area contributed by atoms with Gasteiger partial charge in [-0.15, -0.1) is 0 Å². The number of hydrogen-bond acceptors (Lipinski definition) is 4. The SMILES string of the molecule is CCC(C)(C)Nc1cc(NC)nc(C(F)(F)F)n1. The van der Waals surface area contributed by atoms with E-state index in [-0.39, 0.29) is 17.2 Å². The molecule has 4 nitrogen and oxygen atoms in total. The molecule has 1 heterocycles. The van der Waals surface area contributed by atoms with Gasteiger partial charge in [0, 0.05) is 18.7 Å². The average Bonchev–Trinajstić information content (AvgIpc) is 2.27. The van der Waals surface area contributed by atoms with Gasteiger partial charge in [-0.2, -0.15) is 13.2 Å². The zero-order valence-corrected chi connectivity index (χ0v) is 10.8. The van der Waals surface area contributed by atoms with E-state index in [2.05, 4.69) is 20.6 Å². The molecule has 2 N–H and O–H groups in total. The van der Waals surface area contributed by atoms with Crippen LogP contribution in [-0.2, 0) is 6.18 Å².